The second-order valence-electron chi connectivity index (χ2n) is 4.13. The molecule has 0 aromatic heterocycles. The zero-order valence-corrected chi connectivity index (χ0v) is 12.4. The maximum Gasteiger partial charge on any atom is 0.180 e. The third kappa shape index (κ3) is 3.87. The summed E-state index contributed by atoms with van der Waals surface area (Å²) in [5, 5.41) is 0. The van der Waals surface area contributed by atoms with Crippen LogP contribution in [0.15, 0.2) is 42.5 Å². The molecule has 0 aliphatic heterocycles. The highest BCUT2D eigenvalue weighted by Gasteiger charge is 2.15. The van der Waals surface area contributed by atoms with E-state index in [9.17, 15) is 4.79 Å². The molecule has 2 aromatic rings. The molecule has 0 saturated heterocycles. The van der Waals surface area contributed by atoms with Crippen LogP contribution in [0.3, 0.4) is 0 Å². The smallest absolute Gasteiger partial charge is 0.180 e. The van der Waals surface area contributed by atoms with Crippen molar-refractivity contribution in [1.29, 1.82) is 0 Å². The zero-order valence-electron chi connectivity index (χ0n) is 11.5. The molecule has 0 aliphatic carbocycles. The van der Waals surface area contributed by atoms with E-state index in [0.29, 0.717) is 28.5 Å². The molecule has 0 aliphatic rings. The van der Waals surface area contributed by atoms with Gasteiger partial charge < -0.3 is 20.9 Å². The minimum atomic E-state index is -0.236. The van der Waals surface area contributed by atoms with E-state index in [-0.39, 0.29) is 24.7 Å². The third-order valence-corrected chi connectivity index (χ3v) is 2.79. The Morgan fingerprint density at radius 1 is 1.14 bits per heavy atom. The van der Waals surface area contributed by atoms with Crippen molar-refractivity contribution < 1.29 is 14.3 Å². The lowest BCUT2D eigenvalue weighted by molar-refractivity contribution is 0.0998. The average molecular weight is 309 g/mol. The number of nitrogens with two attached hydrogens (primary N) is 2. The summed E-state index contributed by atoms with van der Waals surface area (Å²) in [6.45, 7) is -0.106. The van der Waals surface area contributed by atoms with E-state index in [4.69, 9.17) is 20.9 Å². The van der Waals surface area contributed by atoms with E-state index in [1.165, 1.54) is 7.11 Å². The number of carbonyl (C=O) groups is 1. The molecule has 21 heavy (non-hydrogen) atoms. The van der Waals surface area contributed by atoms with Gasteiger partial charge in [0, 0.05) is 6.07 Å². The highest BCUT2D eigenvalue weighted by molar-refractivity contribution is 6.01. The molecule has 0 saturated carbocycles. The summed E-state index contributed by atoms with van der Waals surface area (Å²) >= 11 is 0. The molecular weight excluding hydrogens is 292 g/mol. The Kier molecular flexibility index (Phi) is 6.02. The number of carbonyl (C=O) groups excluding carboxylic acids is 1. The molecule has 0 unspecified atom stereocenters. The number of methoxy groups -OCH3 is 1. The normalized spacial score (nSPS) is 9.62. The Bertz CT molecular complexity index is 618. The first-order valence-electron chi connectivity index (χ1n) is 6.09. The van der Waals surface area contributed by atoms with Gasteiger partial charge in [0.25, 0.3) is 0 Å². The minimum absolute atomic E-state index is 0. The van der Waals surface area contributed by atoms with Gasteiger partial charge in [-0.1, -0.05) is 18.2 Å². The number of rotatable bonds is 5. The van der Waals surface area contributed by atoms with Crippen LogP contribution in [0.25, 0.3) is 0 Å². The number of halogens is 1. The molecule has 5 nitrogen and oxygen atoms in total. The van der Waals surface area contributed by atoms with E-state index in [2.05, 4.69) is 0 Å². The molecule has 0 fully saturated rings. The van der Waals surface area contributed by atoms with Crippen LogP contribution < -0.4 is 20.9 Å². The molecule has 0 radical (unpaired) electrons. The quantitative estimate of drug-likeness (QED) is 0.655. The predicted octanol–water partition coefficient (Wildman–Crippen LogP) is 2.63. The van der Waals surface area contributed by atoms with Crippen molar-refractivity contribution in [2.45, 2.75) is 0 Å². The summed E-state index contributed by atoms with van der Waals surface area (Å²) in [6, 6.07) is 12.3. The van der Waals surface area contributed by atoms with E-state index >= 15 is 0 Å². The first kappa shape index (κ1) is 16.8. The lowest BCUT2D eigenvalue weighted by Crippen LogP contribution is -2.15. The van der Waals surface area contributed by atoms with Gasteiger partial charge in [-0.05, 0) is 18.2 Å². The number of anilines is 1. The van der Waals surface area contributed by atoms with Crippen molar-refractivity contribution >= 4 is 23.9 Å². The van der Waals surface area contributed by atoms with E-state index in [1.807, 2.05) is 18.2 Å². The largest absolute Gasteiger partial charge is 0.496 e. The molecule has 0 spiro atoms. The van der Waals surface area contributed by atoms with E-state index < -0.39 is 0 Å². The molecule has 0 bridgehead atoms. The Morgan fingerprint density at radius 3 is 2.38 bits per heavy atom. The average Bonchev–Trinajstić information content (AvgIpc) is 2.49. The number of para-hydroxylation sites is 1. The monoisotopic (exact) mass is 308 g/mol. The summed E-state index contributed by atoms with van der Waals surface area (Å²) in [7, 11) is 1.47. The van der Waals surface area contributed by atoms with Gasteiger partial charge in [0.2, 0.25) is 0 Å². The molecule has 6 heteroatoms. The first-order valence-corrected chi connectivity index (χ1v) is 6.09. The van der Waals surface area contributed by atoms with Gasteiger partial charge in [0.15, 0.2) is 11.5 Å². The maximum atomic E-state index is 11.8. The van der Waals surface area contributed by atoms with Crippen LogP contribution in [0, 0.1) is 0 Å². The number of hydrogen-bond acceptors (Lipinski definition) is 5. The number of Topliss-reactive ketones (excluding diaryl/α,β-unsaturated/α-hetero) is 1. The first-order chi connectivity index (χ1) is 9.65. The third-order valence-electron chi connectivity index (χ3n) is 2.79. The van der Waals surface area contributed by atoms with Crippen molar-refractivity contribution in [2.24, 2.45) is 5.73 Å². The lowest BCUT2D eigenvalue weighted by Gasteiger charge is -2.13. The van der Waals surface area contributed by atoms with Crippen molar-refractivity contribution in [3.8, 4) is 17.2 Å². The van der Waals surface area contributed by atoms with Crippen molar-refractivity contribution in [3.63, 3.8) is 0 Å². The fourth-order valence-electron chi connectivity index (χ4n) is 1.78. The van der Waals surface area contributed by atoms with Gasteiger partial charge >= 0.3 is 0 Å². The standard InChI is InChI=1S/C15H16N2O3.ClH/c1-19-14-8-12(17)15(7-11(14)13(18)9-16)20-10-5-3-2-4-6-10;/h2-8H,9,16-17H2,1H3;1H. The molecular formula is C15H17ClN2O3. The van der Waals surface area contributed by atoms with Crippen LogP contribution >= 0.6 is 12.4 Å². The Balaban J connectivity index is 0.00000220. The SMILES string of the molecule is COc1cc(N)c(Oc2ccccc2)cc1C(=O)CN.Cl. The van der Waals surface area contributed by atoms with Gasteiger partial charge in [-0.3, -0.25) is 4.79 Å². The zero-order chi connectivity index (χ0) is 14.5. The summed E-state index contributed by atoms with van der Waals surface area (Å²) in [5.41, 5.74) is 12.0. The van der Waals surface area contributed by atoms with Crippen molar-refractivity contribution in [3.05, 3.63) is 48.0 Å². The van der Waals surface area contributed by atoms with E-state index in [1.54, 1.807) is 24.3 Å². The fraction of sp³-hybridized carbons (Fsp3) is 0.133. The van der Waals surface area contributed by atoms with Crippen LogP contribution in [0.5, 0.6) is 17.2 Å². The summed E-state index contributed by atoms with van der Waals surface area (Å²) in [4.78, 5) is 11.8. The fourth-order valence-corrected chi connectivity index (χ4v) is 1.78. The van der Waals surface area contributed by atoms with Crippen LogP contribution in [0.2, 0.25) is 0 Å². The molecule has 0 heterocycles. The van der Waals surface area contributed by atoms with Crippen LogP contribution in [-0.2, 0) is 0 Å². The molecule has 2 rings (SSSR count). The van der Waals surface area contributed by atoms with Crippen molar-refractivity contribution in [1.82, 2.24) is 0 Å². The molecule has 4 N–H and O–H groups in total. The Hall–Kier alpha value is -2.24. The Labute approximate surface area is 129 Å². The van der Waals surface area contributed by atoms with Crippen LogP contribution in [0.1, 0.15) is 10.4 Å². The molecule has 0 amide bonds. The second kappa shape index (κ2) is 7.52. The molecule has 2 aromatic carbocycles. The number of nitrogen functional groups attached to an aromatic ring is 1. The van der Waals surface area contributed by atoms with Crippen LogP contribution in [-0.4, -0.2) is 19.4 Å². The second-order valence-corrected chi connectivity index (χ2v) is 4.13. The molecule has 112 valence electrons. The van der Waals surface area contributed by atoms with Gasteiger partial charge in [0.1, 0.15) is 11.5 Å². The van der Waals surface area contributed by atoms with E-state index in [0.717, 1.165) is 0 Å². The summed E-state index contributed by atoms with van der Waals surface area (Å²) in [6.07, 6.45) is 0. The Morgan fingerprint density at radius 2 is 1.81 bits per heavy atom. The number of hydrogen-bond donors (Lipinski definition) is 2. The van der Waals surface area contributed by atoms with Gasteiger partial charge in [0.05, 0.1) is 24.9 Å². The maximum absolute atomic E-state index is 11.8. The minimum Gasteiger partial charge on any atom is -0.496 e. The van der Waals surface area contributed by atoms with Gasteiger partial charge in [-0.15, -0.1) is 12.4 Å². The highest BCUT2D eigenvalue weighted by atomic mass is 35.5. The topological polar surface area (TPSA) is 87.6 Å². The number of benzene rings is 2. The number of ether oxygens (including phenoxy) is 2. The van der Waals surface area contributed by atoms with Gasteiger partial charge in [-0.2, -0.15) is 0 Å². The highest BCUT2D eigenvalue weighted by Crippen LogP contribution is 2.34. The predicted molar refractivity (Wildman–Crippen MR) is 84.6 cm³/mol. The molecule has 0 atom stereocenters. The van der Waals surface area contributed by atoms with Crippen LogP contribution in [0.4, 0.5) is 5.69 Å². The lowest BCUT2D eigenvalue weighted by atomic mass is 10.1. The summed E-state index contributed by atoms with van der Waals surface area (Å²) < 4.78 is 10.8. The number of ketones is 1. The summed E-state index contributed by atoms with van der Waals surface area (Å²) in [5.74, 6) is 1.18. The van der Waals surface area contributed by atoms with Crippen molar-refractivity contribution in [2.75, 3.05) is 19.4 Å². The van der Waals surface area contributed by atoms with Gasteiger partial charge in [-0.25, -0.2) is 0 Å².